The summed E-state index contributed by atoms with van der Waals surface area (Å²) < 4.78 is 0. The van der Waals surface area contributed by atoms with E-state index in [1.807, 2.05) is 16.7 Å². The van der Waals surface area contributed by atoms with Crippen molar-refractivity contribution in [3.8, 4) is 0 Å². The van der Waals surface area contributed by atoms with Crippen molar-refractivity contribution in [1.82, 2.24) is 20.0 Å². The van der Waals surface area contributed by atoms with E-state index in [0.29, 0.717) is 24.8 Å². The monoisotopic (exact) mass is 330 g/mol. The first-order valence-corrected chi connectivity index (χ1v) is 9.18. The molecule has 1 aliphatic carbocycles. The van der Waals surface area contributed by atoms with Gasteiger partial charge in [-0.15, -0.1) is 0 Å². The molecule has 130 valence electrons. The second kappa shape index (κ2) is 6.22. The molecule has 2 saturated heterocycles. The van der Waals surface area contributed by atoms with E-state index in [9.17, 15) is 9.59 Å². The third kappa shape index (κ3) is 3.19. The number of aryl methyl sites for hydroxylation is 1. The van der Waals surface area contributed by atoms with Gasteiger partial charge in [0.15, 0.2) is 0 Å². The van der Waals surface area contributed by atoms with Crippen molar-refractivity contribution in [1.29, 1.82) is 0 Å². The highest BCUT2D eigenvalue weighted by molar-refractivity contribution is 5.89. The standard InChI is InChI=1S/C18H26N4O2/c1-12-7-16(20-19-12)14-3-2-6-21(10-14)18(24)15-8-17(23)22(11-15)9-13-4-5-13/h7,13-15H,2-6,8-11H2,1H3,(H,19,20)/t14-,15+/m1/s1. The minimum absolute atomic E-state index is 0.143. The van der Waals surface area contributed by atoms with E-state index >= 15 is 0 Å². The van der Waals surface area contributed by atoms with Crippen LogP contribution in [-0.4, -0.2) is 58.0 Å². The summed E-state index contributed by atoms with van der Waals surface area (Å²) in [5.41, 5.74) is 2.12. The number of hydrogen-bond acceptors (Lipinski definition) is 3. The van der Waals surface area contributed by atoms with Crippen LogP contribution in [0, 0.1) is 18.8 Å². The fraction of sp³-hybridized carbons (Fsp3) is 0.722. The van der Waals surface area contributed by atoms with Gasteiger partial charge in [0.1, 0.15) is 0 Å². The first-order valence-electron chi connectivity index (χ1n) is 9.18. The SMILES string of the molecule is Cc1cc([C@@H]2CCCN(C(=O)[C@H]3CC(=O)N(CC4CC4)C3)C2)n[nH]1. The van der Waals surface area contributed by atoms with E-state index in [-0.39, 0.29) is 17.7 Å². The topological polar surface area (TPSA) is 69.3 Å². The number of nitrogens with zero attached hydrogens (tertiary/aromatic N) is 3. The zero-order valence-corrected chi connectivity index (χ0v) is 14.3. The summed E-state index contributed by atoms with van der Waals surface area (Å²) >= 11 is 0. The predicted octanol–water partition coefficient (Wildman–Crippen LogP) is 1.68. The second-order valence-corrected chi connectivity index (χ2v) is 7.74. The number of aromatic nitrogens is 2. The molecule has 2 atom stereocenters. The molecule has 0 spiro atoms. The molecule has 0 aromatic carbocycles. The van der Waals surface area contributed by atoms with Gasteiger partial charge >= 0.3 is 0 Å². The molecular weight excluding hydrogens is 304 g/mol. The Kier molecular flexibility index (Phi) is 4.06. The van der Waals surface area contributed by atoms with Gasteiger partial charge in [-0.05, 0) is 44.6 Å². The number of carbonyl (C=O) groups is 2. The minimum Gasteiger partial charge on any atom is -0.342 e. The van der Waals surface area contributed by atoms with Crippen molar-refractivity contribution in [2.75, 3.05) is 26.2 Å². The van der Waals surface area contributed by atoms with Crippen LogP contribution < -0.4 is 0 Å². The number of H-pyrrole nitrogens is 1. The molecule has 24 heavy (non-hydrogen) atoms. The molecule has 1 N–H and O–H groups in total. The molecule has 0 unspecified atom stereocenters. The number of rotatable bonds is 4. The Bertz CT molecular complexity index is 637. The van der Waals surface area contributed by atoms with Gasteiger partial charge in [-0.25, -0.2) is 0 Å². The average Bonchev–Trinajstić information content (AvgIpc) is 3.18. The Balaban J connectivity index is 1.38. The third-order valence-corrected chi connectivity index (χ3v) is 5.62. The summed E-state index contributed by atoms with van der Waals surface area (Å²) in [6.45, 7) is 5.03. The molecule has 4 rings (SSSR count). The Morgan fingerprint density at radius 1 is 1.33 bits per heavy atom. The second-order valence-electron chi connectivity index (χ2n) is 7.74. The average molecular weight is 330 g/mol. The molecule has 0 radical (unpaired) electrons. The number of hydrogen-bond donors (Lipinski definition) is 1. The van der Waals surface area contributed by atoms with Gasteiger partial charge < -0.3 is 9.80 Å². The molecule has 3 aliphatic rings. The molecule has 6 nitrogen and oxygen atoms in total. The van der Waals surface area contributed by atoms with Gasteiger partial charge in [-0.3, -0.25) is 14.7 Å². The lowest BCUT2D eigenvalue weighted by Gasteiger charge is -2.33. The van der Waals surface area contributed by atoms with Gasteiger partial charge in [-0.2, -0.15) is 5.10 Å². The van der Waals surface area contributed by atoms with Crippen molar-refractivity contribution in [2.45, 2.75) is 44.9 Å². The van der Waals surface area contributed by atoms with Crippen LogP contribution in [0.15, 0.2) is 6.07 Å². The molecule has 3 heterocycles. The molecule has 1 aromatic rings. The van der Waals surface area contributed by atoms with E-state index in [1.54, 1.807) is 0 Å². The maximum Gasteiger partial charge on any atom is 0.228 e. The van der Waals surface area contributed by atoms with Gasteiger partial charge in [-0.1, -0.05) is 0 Å². The Morgan fingerprint density at radius 2 is 2.17 bits per heavy atom. The molecule has 0 bridgehead atoms. The molecular formula is C18H26N4O2. The highest BCUT2D eigenvalue weighted by atomic mass is 16.2. The maximum absolute atomic E-state index is 12.9. The van der Waals surface area contributed by atoms with Crippen LogP contribution in [0.1, 0.15) is 49.4 Å². The Labute approximate surface area is 142 Å². The number of nitrogens with one attached hydrogen (secondary N) is 1. The van der Waals surface area contributed by atoms with E-state index in [4.69, 9.17) is 0 Å². The van der Waals surface area contributed by atoms with Gasteiger partial charge in [0.05, 0.1) is 11.6 Å². The number of likely N-dealkylation sites (tertiary alicyclic amines) is 2. The van der Waals surface area contributed by atoms with Crippen LogP contribution >= 0.6 is 0 Å². The summed E-state index contributed by atoms with van der Waals surface area (Å²) in [6, 6.07) is 2.08. The van der Waals surface area contributed by atoms with E-state index in [2.05, 4.69) is 16.3 Å². The number of carbonyl (C=O) groups excluding carboxylic acids is 2. The quantitative estimate of drug-likeness (QED) is 0.913. The molecule has 3 fully saturated rings. The van der Waals surface area contributed by atoms with Crippen molar-refractivity contribution < 1.29 is 9.59 Å². The van der Waals surface area contributed by atoms with Crippen molar-refractivity contribution >= 4 is 11.8 Å². The highest BCUT2D eigenvalue weighted by Crippen LogP contribution is 2.33. The zero-order valence-electron chi connectivity index (χ0n) is 14.3. The first kappa shape index (κ1) is 15.7. The molecule has 2 amide bonds. The number of piperidine rings is 1. The summed E-state index contributed by atoms with van der Waals surface area (Å²) in [5.74, 6) is 1.18. The van der Waals surface area contributed by atoms with E-state index in [1.165, 1.54) is 12.8 Å². The van der Waals surface area contributed by atoms with Crippen molar-refractivity contribution in [2.24, 2.45) is 11.8 Å². The Hall–Kier alpha value is -1.85. The van der Waals surface area contributed by atoms with Gasteiger partial charge in [0.2, 0.25) is 11.8 Å². The third-order valence-electron chi connectivity index (χ3n) is 5.62. The van der Waals surface area contributed by atoms with Crippen LogP contribution in [0.25, 0.3) is 0 Å². The van der Waals surface area contributed by atoms with Gasteiger partial charge in [0, 0.05) is 44.2 Å². The van der Waals surface area contributed by atoms with Crippen LogP contribution in [0.3, 0.4) is 0 Å². The van der Waals surface area contributed by atoms with E-state index in [0.717, 1.165) is 43.9 Å². The minimum atomic E-state index is -0.143. The molecule has 1 aromatic heterocycles. The first-order chi connectivity index (χ1) is 11.6. The lowest BCUT2D eigenvalue weighted by Crippen LogP contribution is -2.43. The summed E-state index contributed by atoms with van der Waals surface area (Å²) in [6.07, 6.45) is 4.95. The Morgan fingerprint density at radius 3 is 2.88 bits per heavy atom. The van der Waals surface area contributed by atoms with Gasteiger partial charge in [0.25, 0.3) is 0 Å². The van der Waals surface area contributed by atoms with Crippen LogP contribution in [-0.2, 0) is 9.59 Å². The molecule has 2 aliphatic heterocycles. The largest absolute Gasteiger partial charge is 0.342 e. The van der Waals surface area contributed by atoms with Crippen LogP contribution in [0.2, 0.25) is 0 Å². The predicted molar refractivity (Wildman–Crippen MR) is 89.3 cm³/mol. The lowest BCUT2D eigenvalue weighted by atomic mass is 9.93. The zero-order chi connectivity index (χ0) is 16.7. The maximum atomic E-state index is 12.9. The summed E-state index contributed by atoms with van der Waals surface area (Å²) in [4.78, 5) is 28.9. The number of aromatic amines is 1. The van der Waals surface area contributed by atoms with Crippen molar-refractivity contribution in [3.63, 3.8) is 0 Å². The van der Waals surface area contributed by atoms with E-state index < -0.39 is 0 Å². The normalized spacial score (nSPS) is 27.8. The van der Waals surface area contributed by atoms with Crippen LogP contribution in [0.4, 0.5) is 0 Å². The number of amides is 2. The smallest absolute Gasteiger partial charge is 0.228 e. The van der Waals surface area contributed by atoms with Crippen molar-refractivity contribution in [3.05, 3.63) is 17.5 Å². The summed E-state index contributed by atoms with van der Waals surface area (Å²) in [5, 5.41) is 7.37. The summed E-state index contributed by atoms with van der Waals surface area (Å²) in [7, 11) is 0. The fourth-order valence-corrected chi connectivity index (χ4v) is 4.05. The fourth-order valence-electron chi connectivity index (χ4n) is 4.05. The molecule has 6 heteroatoms. The molecule has 1 saturated carbocycles. The van der Waals surface area contributed by atoms with Crippen LogP contribution in [0.5, 0.6) is 0 Å². The highest BCUT2D eigenvalue weighted by Gasteiger charge is 2.39. The lowest BCUT2D eigenvalue weighted by molar-refractivity contribution is -0.137.